The van der Waals surface area contributed by atoms with Gasteiger partial charge in [-0.15, -0.1) is 0 Å². The largest absolute Gasteiger partial charge is 0.416 e. The molecule has 2 aromatic carbocycles. The molecule has 0 bridgehead atoms. The second-order valence-corrected chi connectivity index (χ2v) is 4.43. The molecule has 0 aliphatic rings. The third-order valence-corrected chi connectivity index (χ3v) is 2.86. The molecule has 0 spiro atoms. The molecule has 1 nitrogen and oxygen atoms in total. The quantitative estimate of drug-likeness (QED) is 0.606. The molecule has 0 saturated heterocycles. The Morgan fingerprint density at radius 3 is 2.29 bits per heavy atom. The number of alkyl halides is 3. The first-order valence-corrected chi connectivity index (χ1v) is 5.92. The first-order valence-electron chi connectivity index (χ1n) is 5.92. The van der Waals surface area contributed by atoms with Crippen LogP contribution in [0.25, 0.3) is 0 Å². The Morgan fingerprint density at radius 1 is 0.952 bits per heavy atom. The zero-order valence-corrected chi connectivity index (χ0v) is 10.5. The lowest BCUT2D eigenvalue weighted by Gasteiger charge is -2.08. The molecule has 6 heteroatoms. The van der Waals surface area contributed by atoms with Crippen LogP contribution in [0.4, 0.5) is 22.0 Å². The second-order valence-electron chi connectivity index (χ2n) is 4.43. The zero-order valence-electron chi connectivity index (χ0n) is 10.5. The number of rotatable bonds is 3. The van der Waals surface area contributed by atoms with Crippen molar-refractivity contribution in [1.29, 1.82) is 0 Å². The summed E-state index contributed by atoms with van der Waals surface area (Å²) in [7, 11) is 0. The van der Waals surface area contributed by atoms with Crippen molar-refractivity contribution < 1.29 is 26.7 Å². The summed E-state index contributed by atoms with van der Waals surface area (Å²) in [6, 6.07) is 6.89. The molecular weight excluding hydrogens is 291 g/mol. The van der Waals surface area contributed by atoms with E-state index < -0.39 is 29.2 Å². The van der Waals surface area contributed by atoms with Crippen LogP contribution < -0.4 is 0 Å². The average Bonchev–Trinajstić information content (AvgIpc) is 2.42. The van der Waals surface area contributed by atoms with Crippen LogP contribution in [-0.2, 0) is 12.6 Å². The number of hydrogen-bond donors (Lipinski definition) is 0. The van der Waals surface area contributed by atoms with Gasteiger partial charge >= 0.3 is 6.18 Å². The maximum Gasteiger partial charge on any atom is 0.416 e. The molecule has 0 aliphatic carbocycles. The fourth-order valence-corrected chi connectivity index (χ4v) is 1.81. The molecule has 0 unspecified atom stereocenters. The van der Waals surface area contributed by atoms with Gasteiger partial charge in [0.1, 0.15) is 0 Å². The van der Waals surface area contributed by atoms with Crippen LogP contribution in [0.2, 0.25) is 0 Å². The van der Waals surface area contributed by atoms with E-state index in [1.807, 2.05) is 0 Å². The molecule has 0 aliphatic heterocycles. The van der Waals surface area contributed by atoms with Gasteiger partial charge in [0.2, 0.25) is 0 Å². The molecule has 0 fully saturated rings. The minimum atomic E-state index is -4.54. The topological polar surface area (TPSA) is 17.1 Å². The van der Waals surface area contributed by atoms with Crippen LogP contribution in [0, 0.1) is 11.6 Å². The molecule has 0 heterocycles. The summed E-state index contributed by atoms with van der Waals surface area (Å²) in [5, 5.41) is 0. The van der Waals surface area contributed by atoms with Gasteiger partial charge in [-0.2, -0.15) is 13.2 Å². The Labute approximate surface area is 117 Å². The van der Waals surface area contributed by atoms with Gasteiger partial charge in [0.05, 0.1) is 5.56 Å². The van der Waals surface area contributed by atoms with E-state index in [9.17, 15) is 26.7 Å². The number of benzene rings is 2. The monoisotopic (exact) mass is 300 g/mol. The summed E-state index contributed by atoms with van der Waals surface area (Å²) >= 11 is 0. The van der Waals surface area contributed by atoms with Gasteiger partial charge in [-0.3, -0.25) is 4.79 Å². The van der Waals surface area contributed by atoms with Crippen LogP contribution in [0.3, 0.4) is 0 Å². The Kier molecular flexibility index (Phi) is 4.06. The molecule has 21 heavy (non-hydrogen) atoms. The first-order chi connectivity index (χ1) is 9.77. The van der Waals surface area contributed by atoms with Crippen molar-refractivity contribution in [2.45, 2.75) is 12.6 Å². The van der Waals surface area contributed by atoms with Crippen molar-refractivity contribution in [3.63, 3.8) is 0 Å². The van der Waals surface area contributed by atoms with Crippen LogP contribution in [0.15, 0.2) is 42.5 Å². The Morgan fingerprint density at radius 2 is 1.67 bits per heavy atom. The minimum absolute atomic E-state index is 0.130. The first kappa shape index (κ1) is 15.2. The predicted octanol–water partition coefficient (Wildman–Crippen LogP) is 4.41. The van der Waals surface area contributed by atoms with Gasteiger partial charge in [0.25, 0.3) is 0 Å². The summed E-state index contributed by atoms with van der Waals surface area (Å²) in [6.45, 7) is 0. The van der Waals surface area contributed by atoms with E-state index in [4.69, 9.17) is 0 Å². The molecule has 0 aromatic heterocycles. The lowest BCUT2D eigenvalue weighted by Crippen LogP contribution is -2.09. The lowest BCUT2D eigenvalue weighted by molar-refractivity contribution is -0.137. The SMILES string of the molecule is O=C(Cc1ccc(F)c(F)c1)c1cccc(C(F)(F)F)c1. The number of Topliss-reactive ketones (excluding diaryl/α,β-unsaturated/α-hetero) is 1. The highest BCUT2D eigenvalue weighted by Gasteiger charge is 2.30. The van der Waals surface area contributed by atoms with E-state index in [0.717, 1.165) is 30.3 Å². The number of ketones is 1. The maximum absolute atomic E-state index is 13.0. The molecule has 2 aromatic rings. The molecule has 0 amide bonds. The molecule has 0 N–H and O–H groups in total. The molecule has 110 valence electrons. The highest BCUT2D eigenvalue weighted by atomic mass is 19.4. The fraction of sp³-hybridized carbons (Fsp3) is 0.133. The van der Waals surface area contributed by atoms with E-state index >= 15 is 0 Å². The highest BCUT2D eigenvalue weighted by Crippen LogP contribution is 2.29. The maximum atomic E-state index is 13.0. The Hall–Kier alpha value is -2.24. The average molecular weight is 300 g/mol. The Bertz CT molecular complexity index is 676. The van der Waals surface area contributed by atoms with Crippen LogP contribution in [0.5, 0.6) is 0 Å². The van der Waals surface area contributed by atoms with Gasteiger partial charge in [-0.1, -0.05) is 18.2 Å². The van der Waals surface area contributed by atoms with Gasteiger partial charge in [0.15, 0.2) is 17.4 Å². The molecular formula is C15H9F5O. The zero-order chi connectivity index (χ0) is 15.6. The Balaban J connectivity index is 2.22. The van der Waals surface area contributed by atoms with Gasteiger partial charge in [0, 0.05) is 12.0 Å². The van der Waals surface area contributed by atoms with Gasteiger partial charge < -0.3 is 0 Å². The molecule has 2 rings (SSSR count). The molecule has 0 radical (unpaired) electrons. The highest BCUT2D eigenvalue weighted by molar-refractivity contribution is 5.97. The van der Waals surface area contributed by atoms with Crippen molar-refractivity contribution in [2.24, 2.45) is 0 Å². The normalized spacial score (nSPS) is 11.5. The van der Waals surface area contributed by atoms with Crippen molar-refractivity contribution >= 4 is 5.78 Å². The minimum Gasteiger partial charge on any atom is -0.294 e. The second kappa shape index (κ2) is 5.63. The van der Waals surface area contributed by atoms with E-state index in [1.54, 1.807) is 0 Å². The number of hydrogen-bond acceptors (Lipinski definition) is 1. The van der Waals surface area contributed by atoms with E-state index in [0.29, 0.717) is 0 Å². The molecule has 0 saturated carbocycles. The fourth-order valence-electron chi connectivity index (χ4n) is 1.81. The van der Waals surface area contributed by atoms with Gasteiger partial charge in [-0.05, 0) is 29.8 Å². The van der Waals surface area contributed by atoms with Crippen LogP contribution in [0.1, 0.15) is 21.5 Å². The van der Waals surface area contributed by atoms with Crippen molar-refractivity contribution in [3.05, 3.63) is 70.8 Å². The standard InChI is InChI=1S/C15H9F5O/c16-12-5-4-9(6-13(12)17)7-14(21)10-2-1-3-11(8-10)15(18,19)20/h1-6,8H,7H2. The third-order valence-electron chi connectivity index (χ3n) is 2.86. The van der Waals surface area contributed by atoms with E-state index in [-0.39, 0.29) is 17.5 Å². The van der Waals surface area contributed by atoms with Gasteiger partial charge in [-0.25, -0.2) is 8.78 Å². The summed E-state index contributed by atoms with van der Waals surface area (Å²) in [6.07, 6.45) is -4.85. The van der Waals surface area contributed by atoms with E-state index in [1.165, 1.54) is 12.1 Å². The van der Waals surface area contributed by atoms with Crippen LogP contribution in [-0.4, -0.2) is 5.78 Å². The van der Waals surface area contributed by atoms with Crippen LogP contribution >= 0.6 is 0 Å². The number of carbonyl (C=O) groups excluding carboxylic acids is 1. The lowest BCUT2D eigenvalue weighted by atomic mass is 10.0. The smallest absolute Gasteiger partial charge is 0.294 e. The van der Waals surface area contributed by atoms with Crippen molar-refractivity contribution in [1.82, 2.24) is 0 Å². The van der Waals surface area contributed by atoms with Crippen molar-refractivity contribution in [3.8, 4) is 0 Å². The van der Waals surface area contributed by atoms with Crippen molar-refractivity contribution in [2.75, 3.05) is 0 Å². The molecule has 0 atom stereocenters. The third kappa shape index (κ3) is 3.65. The summed E-state index contributed by atoms with van der Waals surface area (Å²) in [5.41, 5.74) is -0.871. The number of carbonyl (C=O) groups is 1. The predicted molar refractivity (Wildman–Crippen MR) is 65.8 cm³/mol. The number of halogens is 5. The van der Waals surface area contributed by atoms with E-state index in [2.05, 4.69) is 0 Å². The summed E-state index contributed by atoms with van der Waals surface area (Å²) in [4.78, 5) is 11.9. The summed E-state index contributed by atoms with van der Waals surface area (Å²) < 4.78 is 63.4. The summed E-state index contributed by atoms with van der Waals surface area (Å²) in [5.74, 6) is -2.76.